The lowest BCUT2D eigenvalue weighted by molar-refractivity contribution is 0.0516. The number of rotatable bonds is 19. The molecule has 114 heavy (non-hydrogen) atoms. The zero-order chi connectivity index (χ0) is 80.1. The predicted octanol–water partition coefficient (Wildman–Crippen LogP) is 20.2. The molecule has 24 nitrogen and oxygen atoms in total. The third-order valence-corrected chi connectivity index (χ3v) is 21.0. The summed E-state index contributed by atoms with van der Waals surface area (Å²) < 4.78 is 39.3. The first-order valence-electron chi connectivity index (χ1n) is 34.4. The van der Waals surface area contributed by atoms with Crippen molar-refractivity contribution >= 4 is 128 Å². The molecule has 16 aromatic rings. The molecule has 8 aromatic carbocycles. The Hall–Kier alpha value is -11.8. The van der Waals surface area contributed by atoms with Crippen LogP contribution in [0.25, 0.3) is 111 Å². The second kappa shape index (κ2) is 36.8. The summed E-state index contributed by atoms with van der Waals surface area (Å²) in [5, 5.41) is 31.2. The van der Waals surface area contributed by atoms with Crippen molar-refractivity contribution in [2.45, 2.75) is 34.6 Å². The topological polar surface area (TPSA) is 291 Å². The first-order valence-corrected chi connectivity index (χ1v) is 40.4. The summed E-state index contributed by atoms with van der Waals surface area (Å²) in [5.74, 6) is 0.0561. The Morgan fingerprint density at radius 1 is 0.377 bits per heavy atom. The maximum Gasteiger partial charge on any atom is 0.359 e. The van der Waals surface area contributed by atoms with Crippen molar-refractivity contribution in [3.8, 4) is 111 Å². The van der Waals surface area contributed by atoms with Gasteiger partial charge in [-0.25, -0.2) is 57.8 Å². The first kappa shape index (κ1) is 80.3. The molecule has 1 N–H and O–H groups in total. The number of methoxy groups -OCH3 is 1. The van der Waals surface area contributed by atoms with Gasteiger partial charge in [-0.3, -0.25) is 0 Å². The number of para-hydroxylation sites is 4. The smallest absolute Gasteiger partial charge is 0.359 e. The van der Waals surface area contributed by atoms with E-state index >= 15 is 0 Å². The first-order chi connectivity index (χ1) is 55.2. The molecule has 0 unspecified atom stereocenters. The third-order valence-electron chi connectivity index (χ3n) is 16.5. The number of thioether (sulfide) groups is 1. The normalized spacial score (nSPS) is 10.9. The Bertz CT molecular complexity index is 6190. The van der Waals surface area contributed by atoms with Crippen LogP contribution in [0.4, 0.5) is 0 Å². The van der Waals surface area contributed by atoms with E-state index in [4.69, 9.17) is 60.6 Å². The van der Waals surface area contributed by atoms with E-state index in [1.165, 1.54) is 75.7 Å². The van der Waals surface area contributed by atoms with Crippen molar-refractivity contribution in [1.82, 2.24) is 76.6 Å². The van der Waals surface area contributed by atoms with E-state index in [9.17, 15) is 24.3 Å². The minimum Gasteiger partial charge on any atom is -0.476 e. The molecule has 0 saturated carbocycles. The lowest BCUT2D eigenvalue weighted by Crippen LogP contribution is -2.07. The van der Waals surface area contributed by atoms with Gasteiger partial charge in [0, 0.05) is 46.5 Å². The molecule has 0 radical (unpaired) electrons. The number of aromatic nitrogens is 16. The van der Waals surface area contributed by atoms with Crippen LogP contribution >= 0.6 is 104 Å². The van der Waals surface area contributed by atoms with Crippen molar-refractivity contribution in [2.24, 2.45) is 0 Å². The average molecular weight is 1690 g/mol. The van der Waals surface area contributed by atoms with Gasteiger partial charge in [-0.1, -0.05) is 190 Å². The van der Waals surface area contributed by atoms with Gasteiger partial charge in [0.2, 0.25) is 0 Å². The van der Waals surface area contributed by atoms with E-state index < -0.39 is 23.9 Å². The summed E-state index contributed by atoms with van der Waals surface area (Å²) in [4.78, 5) is 66.7. The van der Waals surface area contributed by atoms with Crippen molar-refractivity contribution in [3.63, 3.8) is 0 Å². The molecule has 0 spiro atoms. The average Bonchev–Trinajstić information content (AvgIpc) is 1.65. The fourth-order valence-corrected chi connectivity index (χ4v) is 15.0. The number of halogens is 4. The van der Waals surface area contributed by atoms with Gasteiger partial charge in [0.25, 0.3) is 0 Å². The van der Waals surface area contributed by atoms with Gasteiger partial charge in [-0.2, -0.15) is 37.9 Å². The van der Waals surface area contributed by atoms with Gasteiger partial charge in [0.15, 0.2) is 66.1 Å². The van der Waals surface area contributed by atoms with Crippen LogP contribution in [0, 0.1) is 27.7 Å². The van der Waals surface area contributed by atoms with Gasteiger partial charge >= 0.3 is 23.9 Å². The molecule has 0 aliphatic carbocycles. The lowest BCUT2D eigenvalue weighted by atomic mass is 10.1. The van der Waals surface area contributed by atoms with E-state index in [0.29, 0.717) is 109 Å². The highest BCUT2D eigenvalue weighted by Gasteiger charge is 2.27. The van der Waals surface area contributed by atoms with Crippen LogP contribution in [-0.2, 0) is 14.2 Å². The Morgan fingerprint density at radius 3 is 0.912 bits per heavy atom. The van der Waals surface area contributed by atoms with Crippen molar-refractivity contribution < 1.29 is 38.5 Å². The molecule has 0 saturated heterocycles. The molecular weight excluding hydrogens is 1630 g/mol. The van der Waals surface area contributed by atoms with Gasteiger partial charge in [-0.15, -0.1) is 11.8 Å². The number of hydrogen-bond acceptors (Lipinski definition) is 24. The van der Waals surface area contributed by atoms with E-state index in [1.807, 2.05) is 192 Å². The van der Waals surface area contributed by atoms with Gasteiger partial charge in [0.1, 0.15) is 28.7 Å². The summed E-state index contributed by atoms with van der Waals surface area (Å²) in [6.45, 7) is 10.1. The van der Waals surface area contributed by atoms with Crippen LogP contribution in [-0.4, -0.2) is 131 Å². The third kappa shape index (κ3) is 18.8. The summed E-state index contributed by atoms with van der Waals surface area (Å²) in [7, 11) is 1.32. The standard InChI is InChI=1S/C21H17ClN4O2S2.C21H17ClN4O2S.C20H15ClN4O2S.C19H13ClN4O2S/c1-13-6-5-7-14(10-13)19-23-20(30-25-19)18-11-16(21(27)28-12-29-2)24-26(18)17-9-4-3-8-15(17)22;1-3-28-21(27)16-12-18(26(24-16)17-10-5-4-9-15(17)22)20-23-19(25-29-20)14-8-6-7-13(2)11-14;1-12-6-5-7-13(10-12)18-22-19(28-24-18)17-11-15(20(26)27-2)23-25(17)16-9-4-3-8-14(16)21;1-11-5-4-6-12(9-11)17-21-18(27-23-17)16-10-14(19(25)26)22-24(16)15-8-3-2-7-13(15)20/h3-11H,12H2,1-2H3;4-12H,3H2,1-2H3;3-11H,1-2H3;2-10H,1H3,(H,25,26). The van der Waals surface area contributed by atoms with Crippen LogP contribution in [0.5, 0.6) is 0 Å². The number of hydrogen-bond donors (Lipinski definition) is 1. The molecule has 8 heterocycles. The zero-order valence-electron chi connectivity index (χ0n) is 61.2. The number of nitrogens with zero attached hydrogens (tertiary/aromatic N) is 16. The van der Waals surface area contributed by atoms with Crippen LogP contribution < -0.4 is 0 Å². The second-order valence-electron chi connectivity index (χ2n) is 24.6. The molecule has 16 rings (SSSR count). The Morgan fingerprint density at radius 2 is 0.649 bits per heavy atom. The minimum atomic E-state index is -1.12. The van der Waals surface area contributed by atoms with Crippen LogP contribution in [0.15, 0.2) is 218 Å². The maximum absolute atomic E-state index is 12.4. The van der Waals surface area contributed by atoms with Crippen molar-refractivity contribution in [1.29, 1.82) is 0 Å². The molecule has 572 valence electrons. The number of carbonyl (C=O) groups is 4. The molecule has 0 aliphatic heterocycles. The Balaban J connectivity index is 0.000000133. The number of carbonyl (C=O) groups excluding carboxylic acids is 3. The minimum absolute atomic E-state index is 0.0859. The van der Waals surface area contributed by atoms with E-state index in [1.54, 1.807) is 75.6 Å². The van der Waals surface area contributed by atoms with Gasteiger partial charge < -0.3 is 19.3 Å². The Kier molecular flexibility index (Phi) is 25.9. The lowest BCUT2D eigenvalue weighted by Gasteiger charge is -2.07. The number of aryl methyl sites for hydroxylation is 4. The van der Waals surface area contributed by atoms with Crippen LogP contribution in [0.3, 0.4) is 0 Å². The largest absolute Gasteiger partial charge is 0.476 e. The van der Waals surface area contributed by atoms with Crippen molar-refractivity contribution in [3.05, 3.63) is 284 Å². The Labute approximate surface area is 692 Å². The molecule has 0 bridgehead atoms. The highest BCUT2D eigenvalue weighted by molar-refractivity contribution is 7.98. The second-order valence-corrected chi connectivity index (χ2v) is 30.1. The molecule has 33 heteroatoms. The number of esters is 3. The molecule has 0 fully saturated rings. The van der Waals surface area contributed by atoms with Crippen LogP contribution in [0.1, 0.15) is 71.1 Å². The van der Waals surface area contributed by atoms with E-state index in [0.717, 1.165) is 44.5 Å². The zero-order valence-corrected chi connectivity index (χ0v) is 68.3. The SMILES string of the molecule is CCOC(=O)c1cc(-c2nc(-c3cccc(C)c3)ns2)n(-c2ccccc2Cl)n1.COC(=O)c1cc(-c2nc(-c3cccc(C)c3)ns2)n(-c2ccccc2Cl)n1.CSCOC(=O)c1cc(-c2nc(-c3cccc(C)c3)ns2)n(-c2ccccc2Cl)n1.Cc1cccc(-c2nsc(-c3cc(C(=O)O)nn3-c3ccccc3Cl)n2)c1. The van der Waals surface area contributed by atoms with Crippen LogP contribution in [0.2, 0.25) is 20.1 Å². The summed E-state index contributed by atoms with van der Waals surface area (Å²) in [5.41, 5.74) is 13.5. The van der Waals surface area contributed by atoms with Gasteiger partial charge in [0.05, 0.1) is 56.6 Å². The van der Waals surface area contributed by atoms with Gasteiger partial charge in [-0.05, 0) is 160 Å². The summed E-state index contributed by atoms with van der Waals surface area (Å²) in [6.07, 6.45) is 1.86. The number of ether oxygens (including phenoxy) is 3. The number of carboxylic acid groups (broad SMARTS) is 1. The fraction of sp³-hybridized carbons (Fsp3) is 0.111. The number of aromatic carboxylic acids is 1. The molecular formula is C81H62Cl4N16O8S5. The molecule has 0 amide bonds. The fourth-order valence-electron chi connectivity index (χ4n) is 11.2. The number of benzene rings is 8. The summed E-state index contributed by atoms with van der Waals surface area (Å²) in [6, 6.07) is 67.2. The van der Waals surface area contributed by atoms with E-state index in [2.05, 4.69) is 57.8 Å². The quantitative estimate of drug-likeness (QED) is 0.0447. The molecule has 0 atom stereocenters. The monoisotopic (exact) mass is 1690 g/mol. The predicted molar refractivity (Wildman–Crippen MR) is 449 cm³/mol. The summed E-state index contributed by atoms with van der Waals surface area (Å²) >= 11 is 31.7. The number of carboxylic acids is 1. The van der Waals surface area contributed by atoms with Crippen molar-refractivity contribution in [2.75, 3.05) is 25.9 Å². The highest BCUT2D eigenvalue weighted by atomic mass is 35.5. The highest BCUT2D eigenvalue weighted by Crippen LogP contribution is 2.37. The molecule has 8 aromatic heterocycles. The maximum atomic E-state index is 12.4. The molecule has 0 aliphatic rings. The van der Waals surface area contributed by atoms with E-state index in [-0.39, 0.29) is 35.3 Å².